The molecule has 1 aliphatic heterocycles. The summed E-state index contributed by atoms with van der Waals surface area (Å²) >= 11 is 0. The van der Waals surface area contributed by atoms with Crippen LogP contribution in [0.25, 0.3) is 0 Å². The number of amides is 2. The molecule has 0 aliphatic carbocycles. The van der Waals surface area contributed by atoms with Crippen molar-refractivity contribution in [2.75, 3.05) is 24.6 Å². The Morgan fingerprint density at radius 3 is 2.25 bits per heavy atom. The second-order valence-corrected chi connectivity index (χ2v) is 6.33. The Labute approximate surface area is 160 Å². The van der Waals surface area contributed by atoms with Gasteiger partial charge in [0, 0.05) is 18.8 Å². The van der Waals surface area contributed by atoms with E-state index in [1.165, 1.54) is 24.4 Å². The van der Waals surface area contributed by atoms with Crippen molar-refractivity contribution in [1.82, 2.24) is 10.6 Å². The van der Waals surface area contributed by atoms with E-state index in [-0.39, 0.29) is 12.2 Å². The Hall–Kier alpha value is -2.49. The summed E-state index contributed by atoms with van der Waals surface area (Å²) < 4.78 is 45.5. The maximum absolute atomic E-state index is 13.6. The summed E-state index contributed by atoms with van der Waals surface area (Å²) in [5, 5.41) is 14.0. The van der Waals surface area contributed by atoms with Crippen molar-refractivity contribution in [2.45, 2.75) is 38.7 Å². The monoisotopic (exact) mass is 403 g/mol. The van der Waals surface area contributed by atoms with Gasteiger partial charge in [0.1, 0.15) is 5.92 Å². The van der Waals surface area contributed by atoms with Crippen LogP contribution in [0.15, 0.2) is 24.3 Å². The molecular formula is C18H24F3N3O4. The Morgan fingerprint density at radius 2 is 1.79 bits per heavy atom. The highest BCUT2D eigenvalue weighted by Gasteiger charge is 2.67. The van der Waals surface area contributed by atoms with Gasteiger partial charge >= 0.3 is 18.2 Å². The van der Waals surface area contributed by atoms with Gasteiger partial charge < -0.3 is 25.4 Å². The topological polar surface area (TPSA) is 90.9 Å². The molecule has 0 bridgehead atoms. The van der Waals surface area contributed by atoms with Crippen LogP contribution in [-0.4, -0.2) is 48.7 Å². The Kier molecular flexibility index (Phi) is 6.43. The molecule has 2 amide bonds. The maximum Gasteiger partial charge on any atom is 0.437 e. The number of carbonyl (C=O) groups excluding carboxylic acids is 2. The second kappa shape index (κ2) is 8.26. The zero-order valence-corrected chi connectivity index (χ0v) is 15.8. The lowest BCUT2D eigenvalue weighted by atomic mass is 9.82. The zero-order chi connectivity index (χ0) is 21.1. The number of hydrogen-bond donors (Lipinski definition) is 3. The third-order valence-electron chi connectivity index (χ3n) is 4.73. The van der Waals surface area contributed by atoms with Crippen LogP contribution in [0.3, 0.4) is 0 Å². The number of esters is 1. The lowest BCUT2D eigenvalue weighted by Gasteiger charge is -2.44. The van der Waals surface area contributed by atoms with Gasteiger partial charge in [-0.15, -0.1) is 0 Å². The highest BCUT2D eigenvalue weighted by atomic mass is 19.4. The van der Waals surface area contributed by atoms with Gasteiger partial charge in [-0.1, -0.05) is 12.1 Å². The Balaban J connectivity index is 2.49. The summed E-state index contributed by atoms with van der Waals surface area (Å²) in [5.74, 6) is -3.39. The van der Waals surface area contributed by atoms with Crippen molar-refractivity contribution in [2.24, 2.45) is 5.92 Å². The van der Waals surface area contributed by atoms with E-state index in [0.717, 1.165) is 18.8 Å². The summed E-state index contributed by atoms with van der Waals surface area (Å²) in [6, 6.07) is 3.75. The summed E-state index contributed by atoms with van der Waals surface area (Å²) in [6.45, 7) is 6.66. The van der Waals surface area contributed by atoms with E-state index < -0.39 is 35.9 Å². The van der Waals surface area contributed by atoms with E-state index in [4.69, 9.17) is 4.74 Å². The Bertz CT molecular complexity index is 707. The van der Waals surface area contributed by atoms with Crippen LogP contribution < -0.4 is 15.5 Å². The number of nitrogens with zero attached hydrogens (tertiary/aromatic N) is 1. The molecule has 7 nitrogen and oxygen atoms in total. The molecule has 1 aromatic rings. The van der Waals surface area contributed by atoms with Crippen LogP contribution in [0, 0.1) is 5.92 Å². The van der Waals surface area contributed by atoms with Crippen molar-refractivity contribution in [3.05, 3.63) is 29.8 Å². The highest BCUT2D eigenvalue weighted by molar-refractivity contribution is 5.83. The van der Waals surface area contributed by atoms with Gasteiger partial charge in [0.15, 0.2) is 0 Å². The van der Waals surface area contributed by atoms with Gasteiger partial charge in [-0.25, -0.2) is 4.79 Å². The molecule has 0 saturated carbocycles. The third kappa shape index (κ3) is 4.01. The molecule has 3 atom stereocenters. The molecule has 0 unspecified atom stereocenters. The van der Waals surface area contributed by atoms with Crippen molar-refractivity contribution >= 4 is 17.7 Å². The van der Waals surface area contributed by atoms with Crippen molar-refractivity contribution in [3.8, 4) is 0 Å². The molecule has 1 fully saturated rings. The van der Waals surface area contributed by atoms with Gasteiger partial charge in [-0.3, -0.25) is 4.79 Å². The predicted molar refractivity (Wildman–Crippen MR) is 95.5 cm³/mol. The molecule has 0 radical (unpaired) electrons. The fourth-order valence-corrected chi connectivity index (χ4v) is 3.30. The summed E-state index contributed by atoms with van der Waals surface area (Å²) in [4.78, 5) is 26.2. The molecule has 3 N–H and O–H groups in total. The molecule has 28 heavy (non-hydrogen) atoms. The number of carbonyl (C=O) groups is 2. The quantitative estimate of drug-likeness (QED) is 0.635. The number of nitrogens with one attached hydrogen (secondary N) is 2. The van der Waals surface area contributed by atoms with Crippen LogP contribution in [0.4, 0.5) is 23.7 Å². The minimum Gasteiger partial charge on any atom is -0.466 e. The highest BCUT2D eigenvalue weighted by Crippen LogP contribution is 2.43. The fraction of sp³-hybridized carbons (Fsp3) is 0.556. The summed E-state index contributed by atoms with van der Waals surface area (Å²) in [6.07, 6.45) is -5.29. The van der Waals surface area contributed by atoms with Gasteiger partial charge in [0.05, 0.1) is 12.6 Å². The number of anilines is 1. The van der Waals surface area contributed by atoms with Crippen LogP contribution in [0.5, 0.6) is 0 Å². The molecule has 10 heteroatoms. The standard InChI is InChI=1S/C18H24F3N3O4/c1-4-24(5-2)12-9-7-11(8-10-12)14-13(15(25)28-6-3)17(27,18(19,20)21)23-16(26)22-14/h7-10,13-14,27H,4-6H2,1-3H3,(H2,22,23,26)/t13-,14-,17-/m0/s1. The largest absolute Gasteiger partial charge is 0.466 e. The number of ether oxygens (including phenoxy) is 1. The van der Waals surface area contributed by atoms with Gasteiger partial charge in [-0.05, 0) is 38.5 Å². The molecule has 0 spiro atoms. The van der Waals surface area contributed by atoms with E-state index in [9.17, 15) is 27.9 Å². The van der Waals surface area contributed by atoms with Crippen LogP contribution in [0.2, 0.25) is 0 Å². The number of aliphatic hydroxyl groups is 1. The number of benzene rings is 1. The number of halogens is 3. The Morgan fingerprint density at radius 1 is 1.21 bits per heavy atom. The molecule has 0 aromatic heterocycles. The predicted octanol–water partition coefficient (Wildman–Crippen LogP) is 2.32. The molecular weight excluding hydrogens is 379 g/mol. The number of alkyl halides is 3. The fourth-order valence-electron chi connectivity index (χ4n) is 3.30. The number of urea groups is 1. The smallest absolute Gasteiger partial charge is 0.437 e. The first-order chi connectivity index (χ1) is 13.1. The minimum atomic E-state index is -5.29. The normalized spacial score (nSPS) is 24.9. The summed E-state index contributed by atoms with van der Waals surface area (Å²) in [5.41, 5.74) is -2.68. The van der Waals surface area contributed by atoms with E-state index in [2.05, 4.69) is 5.32 Å². The number of hydrogen-bond acceptors (Lipinski definition) is 5. The molecule has 1 aliphatic rings. The van der Waals surface area contributed by atoms with Gasteiger partial charge in [-0.2, -0.15) is 13.2 Å². The van der Waals surface area contributed by atoms with Crippen LogP contribution in [-0.2, 0) is 9.53 Å². The minimum absolute atomic E-state index is 0.176. The summed E-state index contributed by atoms with van der Waals surface area (Å²) in [7, 11) is 0. The van der Waals surface area contributed by atoms with Crippen molar-refractivity contribution in [1.29, 1.82) is 0 Å². The molecule has 1 heterocycles. The zero-order valence-electron chi connectivity index (χ0n) is 15.8. The van der Waals surface area contributed by atoms with E-state index in [1.807, 2.05) is 18.7 Å². The van der Waals surface area contributed by atoms with Gasteiger partial charge in [0.2, 0.25) is 0 Å². The first kappa shape index (κ1) is 21.8. The average Bonchev–Trinajstić information content (AvgIpc) is 2.62. The van der Waals surface area contributed by atoms with Crippen LogP contribution >= 0.6 is 0 Å². The average molecular weight is 403 g/mol. The van der Waals surface area contributed by atoms with E-state index in [0.29, 0.717) is 0 Å². The maximum atomic E-state index is 13.6. The van der Waals surface area contributed by atoms with Crippen molar-refractivity contribution in [3.63, 3.8) is 0 Å². The van der Waals surface area contributed by atoms with Crippen molar-refractivity contribution < 1.29 is 32.6 Å². The SMILES string of the molecule is CCOC(=O)[C@@H]1[C@H](c2ccc(N(CC)CC)cc2)NC(=O)N[C@@]1(O)C(F)(F)F. The lowest BCUT2D eigenvalue weighted by Crippen LogP contribution is -2.73. The molecule has 2 rings (SSSR count). The first-order valence-corrected chi connectivity index (χ1v) is 8.98. The molecule has 1 aromatic carbocycles. The van der Waals surface area contributed by atoms with E-state index in [1.54, 1.807) is 12.1 Å². The molecule has 156 valence electrons. The molecule has 1 saturated heterocycles. The van der Waals surface area contributed by atoms with Crippen LogP contribution in [0.1, 0.15) is 32.4 Å². The van der Waals surface area contributed by atoms with Gasteiger partial charge in [0.25, 0.3) is 5.72 Å². The van der Waals surface area contributed by atoms with E-state index >= 15 is 0 Å². The second-order valence-electron chi connectivity index (χ2n) is 6.33. The number of rotatable bonds is 6. The first-order valence-electron chi connectivity index (χ1n) is 8.98. The lowest BCUT2D eigenvalue weighted by molar-refractivity contribution is -0.294. The third-order valence-corrected chi connectivity index (χ3v) is 4.73.